The van der Waals surface area contributed by atoms with Gasteiger partial charge in [-0.1, -0.05) is 30.3 Å². The molecule has 2 rings (SSSR count). The van der Waals surface area contributed by atoms with Crippen molar-refractivity contribution in [3.05, 3.63) is 35.9 Å². The first kappa shape index (κ1) is 18.7. The van der Waals surface area contributed by atoms with E-state index in [1.807, 2.05) is 30.3 Å². The summed E-state index contributed by atoms with van der Waals surface area (Å²) in [6.07, 6.45) is -0.373. The summed E-state index contributed by atoms with van der Waals surface area (Å²) >= 11 is 0. The number of nitrogens with one attached hydrogen (secondary N) is 1. The molecule has 2 amide bonds. The average molecular weight is 356 g/mol. The molecule has 2 atom stereocenters. The minimum atomic E-state index is -3.03. The maximum absolute atomic E-state index is 12.0. The maximum atomic E-state index is 12.0. The lowest BCUT2D eigenvalue weighted by molar-refractivity contribution is 0.0180. The number of ether oxygens (including phenoxy) is 1. The van der Waals surface area contributed by atoms with Gasteiger partial charge in [0.15, 0.2) is 9.84 Å². The molecule has 8 heteroatoms. The zero-order chi connectivity index (χ0) is 17.6. The Bertz CT molecular complexity index is 635. The standard InChI is InChI=1S/C16H24N2O5S/c1-18(16(20)17-14-7-8-24(21,22)12-14)9-15(19)11-23-10-13-5-3-2-4-6-13/h2-6,14-15,19H,7-12H2,1H3,(H,17,20)/t14-,15+/m0/s1. The molecule has 1 aliphatic heterocycles. The lowest BCUT2D eigenvalue weighted by Crippen LogP contribution is -2.46. The first-order valence-electron chi connectivity index (χ1n) is 7.87. The van der Waals surface area contributed by atoms with E-state index in [0.29, 0.717) is 13.0 Å². The number of rotatable bonds is 7. The SMILES string of the molecule is CN(C[C@@H](O)COCc1ccccc1)C(=O)N[C@H]1CCS(=O)(=O)C1. The normalized spacial score (nSPS) is 20.5. The van der Waals surface area contributed by atoms with E-state index in [1.165, 1.54) is 4.90 Å². The Morgan fingerprint density at radius 3 is 2.75 bits per heavy atom. The molecule has 0 spiro atoms. The van der Waals surface area contributed by atoms with E-state index in [1.54, 1.807) is 7.05 Å². The highest BCUT2D eigenvalue weighted by Gasteiger charge is 2.29. The molecule has 0 radical (unpaired) electrons. The number of likely N-dealkylation sites (N-methyl/N-ethyl adjacent to an activating group) is 1. The van der Waals surface area contributed by atoms with Crippen LogP contribution >= 0.6 is 0 Å². The van der Waals surface area contributed by atoms with Gasteiger partial charge in [-0.25, -0.2) is 13.2 Å². The number of aliphatic hydroxyl groups is 1. The van der Waals surface area contributed by atoms with E-state index in [-0.39, 0.29) is 36.7 Å². The number of urea groups is 1. The predicted molar refractivity (Wildman–Crippen MR) is 90.3 cm³/mol. The molecule has 2 N–H and O–H groups in total. The average Bonchev–Trinajstić information content (AvgIpc) is 2.87. The van der Waals surface area contributed by atoms with Crippen molar-refractivity contribution in [3.8, 4) is 0 Å². The van der Waals surface area contributed by atoms with E-state index in [0.717, 1.165) is 5.56 Å². The molecule has 1 aliphatic rings. The van der Waals surface area contributed by atoms with Crippen LogP contribution in [0.5, 0.6) is 0 Å². The number of hydrogen-bond acceptors (Lipinski definition) is 5. The van der Waals surface area contributed by atoms with Crippen molar-refractivity contribution in [2.45, 2.75) is 25.2 Å². The van der Waals surface area contributed by atoms with Gasteiger partial charge in [0.1, 0.15) is 0 Å². The summed E-state index contributed by atoms with van der Waals surface area (Å²) in [5, 5.41) is 12.6. The highest BCUT2D eigenvalue weighted by Crippen LogP contribution is 2.11. The lowest BCUT2D eigenvalue weighted by atomic mass is 10.2. The van der Waals surface area contributed by atoms with Gasteiger partial charge in [0.25, 0.3) is 0 Å². The molecule has 24 heavy (non-hydrogen) atoms. The summed E-state index contributed by atoms with van der Waals surface area (Å²) in [6, 6.07) is 8.87. The number of sulfone groups is 1. The van der Waals surface area contributed by atoms with E-state index >= 15 is 0 Å². The fourth-order valence-electron chi connectivity index (χ4n) is 2.53. The molecular weight excluding hydrogens is 332 g/mol. The van der Waals surface area contributed by atoms with Crippen LogP contribution in [0, 0.1) is 0 Å². The number of carbonyl (C=O) groups is 1. The first-order valence-corrected chi connectivity index (χ1v) is 9.69. The van der Waals surface area contributed by atoms with Crippen molar-refractivity contribution < 1.29 is 23.1 Å². The minimum absolute atomic E-state index is 0.0185. The fourth-order valence-corrected chi connectivity index (χ4v) is 4.21. The van der Waals surface area contributed by atoms with Gasteiger partial charge in [0, 0.05) is 13.1 Å². The Morgan fingerprint density at radius 1 is 1.42 bits per heavy atom. The van der Waals surface area contributed by atoms with Crippen LogP contribution in [0.1, 0.15) is 12.0 Å². The fraction of sp³-hybridized carbons (Fsp3) is 0.562. The van der Waals surface area contributed by atoms with Crippen LogP contribution in [0.4, 0.5) is 4.79 Å². The summed E-state index contributed by atoms with van der Waals surface area (Å²) in [6.45, 7) is 0.623. The topological polar surface area (TPSA) is 95.9 Å². The Kier molecular flexibility index (Phi) is 6.59. The van der Waals surface area contributed by atoms with Gasteiger partial charge in [0.2, 0.25) is 0 Å². The van der Waals surface area contributed by atoms with Crippen LogP contribution in [0.25, 0.3) is 0 Å². The maximum Gasteiger partial charge on any atom is 0.317 e. The summed E-state index contributed by atoms with van der Waals surface area (Å²) < 4.78 is 28.2. The van der Waals surface area contributed by atoms with Gasteiger partial charge in [0.05, 0.1) is 37.4 Å². The predicted octanol–water partition coefficient (Wildman–Crippen LogP) is 0.393. The first-order chi connectivity index (χ1) is 11.4. The van der Waals surface area contributed by atoms with Gasteiger partial charge in [-0.15, -0.1) is 0 Å². The minimum Gasteiger partial charge on any atom is -0.389 e. The van der Waals surface area contributed by atoms with Crippen molar-refractivity contribution >= 4 is 15.9 Å². The van der Waals surface area contributed by atoms with Gasteiger partial charge in [-0.3, -0.25) is 0 Å². The van der Waals surface area contributed by atoms with E-state index < -0.39 is 15.9 Å². The van der Waals surface area contributed by atoms with Crippen LogP contribution in [-0.4, -0.2) is 68.3 Å². The highest BCUT2D eigenvalue weighted by atomic mass is 32.2. The van der Waals surface area contributed by atoms with E-state index in [2.05, 4.69) is 5.32 Å². The second-order valence-electron chi connectivity index (χ2n) is 6.08. The Balaban J connectivity index is 1.67. The third-order valence-electron chi connectivity index (χ3n) is 3.81. The van der Waals surface area contributed by atoms with Gasteiger partial charge < -0.3 is 20.1 Å². The number of aliphatic hydroxyl groups excluding tert-OH is 1. The highest BCUT2D eigenvalue weighted by molar-refractivity contribution is 7.91. The van der Waals surface area contributed by atoms with Gasteiger partial charge in [-0.2, -0.15) is 0 Å². The number of nitrogens with zero attached hydrogens (tertiary/aromatic N) is 1. The molecule has 0 unspecified atom stereocenters. The van der Waals surface area contributed by atoms with Crippen molar-refractivity contribution in [3.63, 3.8) is 0 Å². The number of hydrogen-bond donors (Lipinski definition) is 2. The molecule has 0 bridgehead atoms. The molecule has 134 valence electrons. The second-order valence-corrected chi connectivity index (χ2v) is 8.31. The summed E-state index contributed by atoms with van der Waals surface area (Å²) in [4.78, 5) is 13.3. The van der Waals surface area contributed by atoms with Gasteiger partial charge in [-0.05, 0) is 12.0 Å². The molecule has 1 saturated heterocycles. The number of amides is 2. The molecular formula is C16H24N2O5S. The Labute approximate surface area is 142 Å². The third-order valence-corrected chi connectivity index (χ3v) is 5.58. The molecule has 1 heterocycles. The zero-order valence-corrected chi connectivity index (χ0v) is 14.5. The molecule has 0 aliphatic carbocycles. The lowest BCUT2D eigenvalue weighted by Gasteiger charge is -2.23. The molecule has 1 fully saturated rings. The smallest absolute Gasteiger partial charge is 0.317 e. The molecule has 0 aromatic heterocycles. The van der Waals surface area contributed by atoms with E-state index in [4.69, 9.17) is 4.74 Å². The van der Waals surface area contributed by atoms with Crippen LogP contribution in [0.2, 0.25) is 0 Å². The van der Waals surface area contributed by atoms with Crippen LogP contribution < -0.4 is 5.32 Å². The van der Waals surface area contributed by atoms with E-state index in [9.17, 15) is 18.3 Å². The monoisotopic (exact) mass is 356 g/mol. The number of carbonyl (C=O) groups excluding carboxylic acids is 1. The third kappa shape index (κ3) is 6.10. The summed E-state index contributed by atoms with van der Waals surface area (Å²) in [5.74, 6) is 0.0902. The van der Waals surface area contributed by atoms with Crippen molar-refractivity contribution in [2.75, 3.05) is 31.7 Å². The summed E-state index contributed by atoms with van der Waals surface area (Å²) in [5.41, 5.74) is 1.01. The Hall–Kier alpha value is -1.64. The molecule has 0 saturated carbocycles. The second kappa shape index (κ2) is 8.46. The molecule has 1 aromatic carbocycles. The van der Waals surface area contributed by atoms with Gasteiger partial charge >= 0.3 is 6.03 Å². The summed E-state index contributed by atoms with van der Waals surface area (Å²) in [7, 11) is -1.48. The van der Waals surface area contributed by atoms with Crippen LogP contribution in [-0.2, 0) is 21.2 Å². The zero-order valence-electron chi connectivity index (χ0n) is 13.7. The van der Waals surface area contributed by atoms with Crippen molar-refractivity contribution in [1.29, 1.82) is 0 Å². The van der Waals surface area contributed by atoms with Crippen LogP contribution in [0.15, 0.2) is 30.3 Å². The van der Waals surface area contributed by atoms with Crippen molar-refractivity contribution in [2.24, 2.45) is 0 Å². The largest absolute Gasteiger partial charge is 0.389 e. The quantitative estimate of drug-likeness (QED) is 0.737. The van der Waals surface area contributed by atoms with Crippen LogP contribution in [0.3, 0.4) is 0 Å². The van der Waals surface area contributed by atoms with Crippen molar-refractivity contribution in [1.82, 2.24) is 10.2 Å². The number of benzene rings is 1. The molecule has 1 aromatic rings. The molecule has 7 nitrogen and oxygen atoms in total. The Morgan fingerprint density at radius 2 is 2.12 bits per heavy atom.